The van der Waals surface area contributed by atoms with E-state index in [1.807, 2.05) is 47.1 Å². The van der Waals surface area contributed by atoms with E-state index < -0.39 is 11.6 Å². The van der Waals surface area contributed by atoms with E-state index in [4.69, 9.17) is 19.7 Å². The maximum atomic E-state index is 11.0. The zero-order valence-corrected chi connectivity index (χ0v) is 15.6. The summed E-state index contributed by atoms with van der Waals surface area (Å²) in [7, 11) is 0. The number of nitrogens with zero attached hydrogens (tertiary/aromatic N) is 2. The van der Waals surface area contributed by atoms with Gasteiger partial charge in [0.15, 0.2) is 5.60 Å². The molecule has 3 rings (SSSR count). The van der Waals surface area contributed by atoms with Crippen LogP contribution in [0.1, 0.15) is 25.1 Å². The summed E-state index contributed by atoms with van der Waals surface area (Å²) in [5, 5.41) is 14.8. The average molecular weight is 368 g/mol. The summed E-state index contributed by atoms with van der Waals surface area (Å²) in [6, 6.07) is 18.3. The van der Waals surface area contributed by atoms with Gasteiger partial charge in [-0.2, -0.15) is 5.10 Å². The van der Waals surface area contributed by atoms with Crippen molar-refractivity contribution in [2.24, 2.45) is 0 Å². The number of hydrogen-bond donors (Lipinski definition) is 1. The smallest absolute Gasteiger partial charge is 0.335 e. The van der Waals surface area contributed by atoms with Gasteiger partial charge in [-0.05, 0) is 25.5 Å². The van der Waals surface area contributed by atoms with Crippen LogP contribution in [0.4, 0.5) is 0 Å². The lowest BCUT2D eigenvalue weighted by molar-refractivity contribution is -0.162. The SMILES string of the molecule is CC(C)(OCCOCc1nn(Cc2ccccc2)c2ccccc12)C(=O)O. The summed E-state index contributed by atoms with van der Waals surface area (Å²) >= 11 is 0. The lowest BCUT2D eigenvalue weighted by Gasteiger charge is -2.19. The lowest BCUT2D eigenvalue weighted by atomic mass is 10.1. The van der Waals surface area contributed by atoms with Crippen LogP contribution in [0.25, 0.3) is 10.9 Å². The van der Waals surface area contributed by atoms with Crippen LogP contribution in [0.5, 0.6) is 0 Å². The molecular weight excluding hydrogens is 344 g/mol. The first kappa shape index (κ1) is 19.1. The first-order valence-electron chi connectivity index (χ1n) is 8.91. The van der Waals surface area contributed by atoms with Crippen molar-refractivity contribution < 1.29 is 19.4 Å². The van der Waals surface area contributed by atoms with Gasteiger partial charge in [0.25, 0.3) is 0 Å². The number of carboxylic acids is 1. The molecule has 6 heteroatoms. The van der Waals surface area contributed by atoms with Crippen LogP contribution >= 0.6 is 0 Å². The van der Waals surface area contributed by atoms with Gasteiger partial charge < -0.3 is 14.6 Å². The number of hydrogen-bond acceptors (Lipinski definition) is 4. The molecule has 0 aliphatic carbocycles. The first-order chi connectivity index (χ1) is 13.0. The van der Waals surface area contributed by atoms with Crippen molar-refractivity contribution >= 4 is 16.9 Å². The maximum absolute atomic E-state index is 11.0. The molecule has 3 aromatic rings. The average Bonchev–Trinajstić information content (AvgIpc) is 3.00. The van der Waals surface area contributed by atoms with Crippen LogP contribution < -0.4 is 0 Å². The van der Waals surface area contributed by atoms with Gasteiger partial charge in [-0.3, -0.25) is 4.68 Å². The number of aliphatic carboxylic acids is 1. The molecule has 0 aliphatic rings. The van der Waals surface area contributed by atoms with Crippen LogP contribution in [-0.4, -0.2) is 39.7 Å². The normalized spacial score (nSPS) is 11.8. The Hall–Kier alpha value is -2.70. The van der Waals surface area contributed by atoms with Crippen molar-refractivity contribution in [3.05, 3.63) is 65.9 Å². The number of para-hydroxylation sites is 1. The number of ether oxygens (including phenoxy) is 2. The van der Waals surface area contributed by atoms with E-state index >= 15 is 0 Å². The summed E-state index contributed by atoms with van der Waals surface area (Å²) in [5.41, 5.74) is 1.89. The molecule has 0 aliphatic heterocycles. The van der Waals surface area contributed by atoms with Gasteiger partial charge in [-0.15, -0.1) is 0 Å². The molecule has 0 radical (unpaired) electrons. The maximum Gasteiger partial charge on any atom is 0.335 e. The van der Waals surface area contributed by atoms with E-state index in [-0.39, 0.29) is 6.61 Å². The van der Waals surface area contributed by atoms with E-state index in [1.165, 1.54) is 19.4 Å². The highest BCUT2D eigenvalue weighted by atomic mass is 16.6. The molecule has 1 N–H and O–H groups in total. The van der Waals surface area contributed by atoms with Crippen LogP contribution in [0.15, 0.2) is 54.6 Å². The predicted octanol–water partition coefficient (Wildman–Crippen LogP) is 3.48. The molecule has 27 heavy (non-hydrogen) atoms. The van der Waals surface area contributed by atoms with Crippen molar-refractivity contribution in [2.45, 2.75) is 32.6 Å². The second kappa shape index (κ2) is 8.33. The molecule has 0 saturated carbocycles. The highest BCUT2D eigenvalue weighted by Crippen LogP contribution is 2.20. The molecule has 0 atom stereocenters. The Morgan fingerprint density at radius 1 is 1.07 bits per heavy atom. The van der Waals surface area contributed by atoms with E-state index in [0.29, 0.717) is 19.8 Å². The zero-order valence-electron chi connectivity index (χ0n) is 15.6. The van der Waals surface area contributed by atoms with E-state index in [0.717, 1.165) is 16.6 Å². The van der Waals surface area contributed by atoms with Crippen LogP contribution in [0.3, 0.4) is 0 Å². The monoisotopic (exact) mass is 368 g/mol. The Bertz CT molecular complexity index is 903. The Labute approximate surface area is 158 Å². The molecule has 2 aromatic carbocycles. The topological polar surface area (TPSA) is 73.6 Å². The number of carboxylic acid groups (broad SMARTS) is 1. The fraction of sp³-hybridized carbons (Fsp3) is 0.333. The highest BCUT2D eigenvalue weighted by Gasteiger charge is 2.27. The van der Waals surface area contributed by atoms with E-state index in [1.54, 1.807) is 0 Å². The molecular formula is C21H24N2O4. The quantitative estimate of drug-likeness (QED) is 0.585. The summed E-state index contributed by atoms with van der Waals surface area (Å²) in [4.78, 5) is 11.0. The lowest BCUT2D eigenvalue weighted by Crippen LogP contribution is -2.35. The molecule has 6 nitrogen and oxygen atoms in total. The van der Waals surface area contributed by atoms with Gasteiger partial charge in [-0.25, -0.2) is 4.79 Å². The number of rotatable bonds is 9. The highest BCUT2D eigenvalue weighted by molar-refractivity contribution is 5.82. The molecule has 1 aromatic heterocycles. The van der Waals surface area contributed by atoms with Crippen molar-refractivity contribution in [3.63, 3.8) is 0 Å². The third kappa shape index (κ3) is 4.72. The van der Waals surface area contributed by atoms with Gasteiger partial charge in [-0.1, -0.05) is 48.5 Å². The van der Waals surface area contributed by atoms with Crippen LogP contribution in [-0.2, 0) is 27.4 Å². The minimum absolute atomic E-state index is 0.210. The molecule has 1 heterocycles. The second-order valence-corrected chi connectivity index (χ2v) is 6.82. The fourth-order valence-corrected chi connectivity index (χ4v) is 2.77. The predicted molar refractivity (Wildman–Crippen MR) is 103 cm³/mol. The van der Waals surface area contributed by atoms with Gasteiger partial charge in [0.2, 0.25) is 0 Å². The number of benzene rings is 2. The number of carbonyl (C=O) groups is 1. The first-order valence-corrected chi connectivity index (χ1v) is 8.91. The minimum Gasteiger partial charge on any atom is -0.479 e. The third-order valence-corrected chi connectivity index (χ3v) is 4.35. The Morgan fingerprint density at radius 3 is 2.52 bits per heavy atom. The number of aromatic nitrogens is 2. The summed E-state index contributed by atoms with van der Waals surface area (Å²) in [6.07, 6.45) is 0. The minimum atomic E-state index is -1.21. The van der Waals surface area contributed by atoms with Crippen molar-refractivity contribution in [3.8, 4) is 0 Å². The summed E-state index contributed by atoms with van der Waals surface area (Å²) in [5.74, 6) is -0.992. The zero-order chi connectivity index (χ0) is 19.3. The van der Waals surface area contributed by atoms with E-state index in [2.05, 4.69) is 12.1 Å². The third-order valence-electron chi connectivity index (χ3n) is 4.35. The van der Waals surface area contributed by atoms with Gasteiger partial charge >= 0.3 is 5.97 Å². The summed E-state index contributed by atoms with van der Waals surface area (Å²) in [6.45, 7) is 4.59. The molecule has 142 valence electrons. The Morgan fingerprint density at radius 2 is 1.78 bits per heavy atom. The molecule has 0 spiro atoms. The molecule has 0 saturated heterocycles. The van der Waals surface area contributed by atoms with Gasteiger partial charge in [0.1, 0.15) is 0 Å². The Kier molecular flexibility index (Phi) is 5.88. The summed E-state index contributed by atoms with van der Waals surface area (Å²) < 4.78 is 13.0. The van der Waals surface area contributed by atoms with Crippen LogP contribution in [0.2, 0.25) is 0 Å². The molecule has 0 fully saturated rings. The van der Waals surface area contributed by atoms with Crippen LogP contribution in [0, 0.1) is 0 Å². The fourth-order valence-electron chi connectivity index (χ4n) is 2.77. The van der Waals surface area contributed by atoms with Crippen molar-refractivity contribution in [2.75, 3.05) is 13.2 Å². The largest absolute Gasteiger partial charge is 0.479 e. The Balaban J connectivity index is 1.64. The second-order valence-electron chi connectivity index (χ2n) is 6.82. The number of fused-ring (bicyclic) bond motifs is 1. The van der Waals surface area contributed by atoms with Gasteiger partial charge in [0.05, 0.1) is 37.6 Å². The van der Waals surface area contributed by atoms with Crippen molar-refractivity contribution in [1.82, 2.24) is 9.78 Å². The van der Waals surface area contributed by atoms with E-state index in [9.17, 15) is 4.79 Å². The standard InChI is InChI=1S/C21H24N2O4/c1-21(2,20(24)25)27-13-12-26-15-18-17-10-6-7-11-19(17)23(22-18)14-16-8-4-3-5-9-16/h3-11H,12-15H2,1-2H3,(H,24,25). The van der Waals surface area contributed by atoms with Crippen molar-refractivity contribution in [1.29, 1.82) is 0 Å². The molecule has 0 bridgehead atoms. The molecule has 0 unspecified atom stereocenters. The van der Waals surface area contributed by atoms with Gasteiger partial charge in [0, 0.05) is 5.39 Å². The molecule has 0 amide bonds.